The Kier molecular flexibility index (Phi) is 2.02. The molecule has 1 saturated heterocycles. The lowest BCUT2D eigenvalue weighted by molar-refractivity contribution is 0.441. The lowest BCUT2D eigenvalue weighted by Gasteiger charge is -2.23. The van der Waals surface area contributed by atoms with Gasteiger partial charge < -0.3 is 0 Å². The highest BCUT2D eigenvalue weighted by atomic mass is 35.5. The van der Waals surface area contributed by atoms with Crippen molar-refractivity contribution in [2.75, 3.05) is 6.54 Å². The number of halogens is 2. The molecule has 0 bridgehead atoms. The first-order valence-electron chi connectivity index (χ1n) is 2.77. The highest BCUT2D eigenvalue weighted by molar-refractivity contribution is 6.48. The van der Waals surface area contributed by atoms with Gasteiger partial charge >= 0.3 is 0 Å². The molecule has 1 heterocycles. The molecule has 1 radical (unpaired) electrons. The molecule has 0 amide bonds. The second kappa shape index (κ2) is 2.42. The van der Waals surface area contributed by atoms with Gasteiger partial charge in [-0.25, -0.2) is 5.32 Å². The summed E-state index contributed by atoms with van der Waals surface area (Å²) in [6.45, 7) is 0.826. The topological polar surface area (TPSA) is 14.1 Å². The fraction of sp³-hybridized carbons (Fsp3) is 1.00. The normalized spacial score (nSPS) is 27.8. The van der Waals surface area contributed by atoms with Gasteiger partial charge in [0.05, 0.1) is 0 Å². The van der Waals surface area contributed by atoms with Crippen molar-refractivity contribution < 1.29 is 0 Å². The number of piperidine rings is 1. The van der Waals surface area contributed by atoms with E-state index in [1.54, 1.807) is 0 Å². The maximum atomic E-state index is 5.67. The van der Waals surface area contributed by atoms with Crippen molar-refractivity contribution in [2.24, 2.45) is 0 Å². The van der Waals surface area contributed by atoms with Crippen molar-refractivity contribution in [1.82, 2.24) is 5.32 Å². The molecular formula is C5H8Cl2N. The van der Waals surface area contributed by atoms with Gasteiger partial charge in [0, 0.05) is 6.54 Å². The summed E-state index contributed by atoms with van der Waals surface area (Å²) in [6, 6.07) is 0. The average Bonchev–Trinajstić information content (AvgIpc) is 1.65. The summed E-state index contributed by atoms with van der Waals surface area (Å²) in [5.41, 5.74) is 0. The summed E-state index contributed by atoms with van der Waals surface area (Å²) < 4.78 is -0.752. The van der Waals surface area contributed by atoms with Gasteiger partial charge in [0.1, 0.15) is 0 Å². The predicted molar refractivity (Wildman–Crippen MR) is 35.3 cm³/mol. The molecule has 0 atom stereocenters. The van der Waals surface area contributed by atoms with Crippen LogP contribution in [0.3, 0.4) is 0 Å². The summed E-state index contributed by atoms with van der Waals surface area (Å²) in [4.78, 5) is 0. The number of rotatable bonds is 0. The Morgan fingerprint density at radius 1 is 1.25 bits per heavy atom. The maximum Gasteiger partial charge on any atom is 0.183 e. The predicted octanol–water partition coefficient (Wildman–Crippen LogP) is 1.91. The van der Waals surface area contributed by atoms with E-state index in [9.17, 15) is 0 Å². The van der Waals surface area contributed by atoms with E-state index in [0.29, 0.717) is 0 Å². The Bertz CT molecular complexity index is 74.5. The third kappa shape index (κ3) is 1.81. The van der Waals surface area contributed by atoms with Gasteiger partial charge in [0.2, 0.25) is 0 Å². The first kappa shape index (κ1) is 6.66. The minimum absolute atomic E-state index is 0.752. The summed E-state index contributed by atoms with van der Waals surface area (Å²) in [6.07, 6.45) is 3.06. The monoisotopic (exact) mass is 152 g/mol. The van der Waals surface area contributed by atoms with Crippen LogP contribution < -0.4 is 5.32 Å². The van der Waals surface area contributed by atoms with Crippen molar-refractivity contribution in [3.05, 3.63) is 0 Å². The fourth-order valence-corrected chi connectivity index (χ4v) is 1.21. The Hall–Kier alpha value is 0.540. The van der Waals surface area contributed by atoms with Crippen LogP contribution in [0.25, 0.3) is 0 Å². The zero-order valence-corrected chi connectivity index (χ0v) is 6.04. The molecule has 1 nitrogen and oxygen atoms in total. The Balaban J connectivity index is 2.33. The zero-order valence-electron chi connectivity index (χ0n) is 4.53. The molecule has 47 valence electrons. The molecular weight excluding hydrogens is 145 g/mol. The molecule has 3 heteroatoms. The Morgan fingerprint density at radius 2 is 2.00 bits per heavy atom. The van der Waals surface area contributed by atoms with Gasteiger partial charge in [-0.3, -0.25) is 0 Å². The van der Waals surface area contributed by atoms with Gasteiger partial charge in [-0.2, -0.15) is 0 Å². The third-order valence-electron chi connectivity index (χ3n) is 1.23. The van der Waals surface area contributed by atoms with Crippen molar-refractivity contribution in [3.8, 4) is 0 Å². The molecule has 1 fully saturated rings. The fourth-order valence-electron chi connectivity index (χ4n) is 0.771. The Morgan fingerprint density at radius 3 is 2.25 bits per heavy atom. The van der Waals surface area contributed by atoms with Crippen LogP contribution in [-0.2, 0) is 0 Å². The van der Waals surface area contributed by atoms with E-state index in [-0.39, 0.29) is 0 Å². The van der Waals surface area contributed by atoms with E-state index in [0.717, 1.165) is 25.8 Å². The van der Waals surface area contributed by atoms with Crippen LogP contribution >= 0.6 is 23.2 Å². The van der Waals surface area contributed by atoms with Gasteiger partial charge in [-0.15, -0.1) is 0 Å². The molecule has 1 aliphatic rings. The number of alkyl halides is 2. The van der Waals surface area contributed by atoms with E-state index in [1.807, 2.05) is 0 Å². The average molecular weight is 153 g/mol. The SMILES string of the molecule is ClC1(Cl)CCCC[N]1. The van der Waals surface area contributed by atoms with Crippen LogP contribution in [0.15, 0.2) is 0 Å². The molecule has 0 N–H and O–H groups in total. The van der Waals surface area contributed by atoms with Crippen LogP contribution in [0.2, 0.25) is 0 Å². The number of hydrogen-bond acceptors (Lipinski definition) is 0. The first-order chi connectivity index (χ1) is 3.71. The van der Waals surface area contributed by atoms with Crippen molar-refractivity contribution >= 4 is 23.2 Å². The Labute approximate surface area is 59.3 Å². The van der Waals surface area contributed by atoms with Gasteiger partial charge in [0.25, 0.3) is 0 Å². The highest BCUT2D eigenvalue weighted by Gasteiger charge is 2.26. The quantitative estimate of drug-likeness (QED) is 0.372. The van der Waals surface area contributed by atoms with Crippen LogP contribution in [0.5, 0.6) is 0 Å². The number of nitrogens with zero attached hydrogens (tertiary/aromatic N) is 1. The smallest absolute Gasteiger partial charge is 0.183 e. The second-order valence-electron chi connectivity index (χ2n) is 2.00. The molecule has 0 aromatic carbocycles. The first-order valence-corrected chi connectivity index (χ1v) is 3.53. The lowest BCUT2D eigenvalue weighted by Crippen LogP contribution is -2.31. The molecule has 0 aromatic heterocycles. The number of hydrogen-bond donors (Lipinski definition) is 0. The third-order valence-corrected chi connectivity index (χ3v) is 1.85. The summed E-state index contributed by atoms with van der Waals surface area (Å²) in [5.74, 6) is 0. The standard InChI is InChI=1S/C5H8Cl2N/c6-5(7)3-1-2-4-8-5/h1-4H2. The van der Waals surface area contributed by atoms with E-state index < -0.39 is 4.46 Å². The zero-order chi connectivity index (χ0) is 6.04. The molecule has 0 aliphatic carbocycles. The van der Waals surface area contributed by atoms with E-state index in [4.69, 9.17) is 23.2 Å². The summed E-state index contributed by atoms with van der Waals surface area (Å²) >= 11 is 11.3. The minimum atomic E-state index is -0.752. The molecule has 0 unspecified atom stereocenters. The van der Waals surface area contributed by atoms with Gasteiger partial charge in [-0.1, -0.05) is 23.2 Å². The summed E-state index contributed by atoms with van der Waals surface area (Å²) in [7, 11) is 0. The highest BCUT2D eigenvalue weighted by Crippen LogP contribution is 2.28. The van der Waals surface area contributed by atoms with Crippen molar-refractivity contribution in [2.45, 2.75) is 23.7 Å². The molecule has 0 aromatic rings. The largest absolute Gasteiger partial charge is 0.205 e. The molecule has 1 rings (SSSR count). The van der Waals surface area contributed by atoms with Crippen LogP contribution in [0.4, 0.5) is 0 Å². The summed E-state index contributed by atoms with van der Waals surface area (Å²) in [5, 5.41) is 3.99. The molecule has 1 aliphatic heterocycles. The second-order valence-corrected chi connectivity index (χ2v) is 3.45. The maximum absolute atomic E-state index is 5.67. The van der Waals surface area contributed by atoms with Gasteiger partial charge in [0.15, 0.2) is 4.46 Å². The minimum Gasteiger partial charge on any atom is -0.205 e. The molecule has 0 spiro atoms. The van der Waals surface area contributed by atoms with Crippen LogP contribution in [-0.4, -0.2) is 11.0 Å². The van der Waals surface area contributed by atoms with E-state index >= 15 is 0 Å². The molecule has 8 heavy (non-hydrogen) atoms. The van der Waals surface area contributed by atoms with E-state index in [2.05, 4.69) is 5.32 Å². The van der Waals surface area contributed by atoms with Crippen LogP contribution in [0.1, 0.15) is 19.3 Å². The van der Waals surface area contributed by atoms with Crippen LogP contribution in [0, 0.1) is 0 Å². The lowest BCUT2D eigenvalue weighted by atomic mass is 10.2. The van der Waals surface area contributed by atoms with E-state index in [1.165, 1.54) is 0 Å². The van der Waals surface area contributed by atoms with Crippen molar-refractivity contribution in [1.29, 1.82) is 0 Å². The molecule has 0 saturated carbocycles. The van der Waals surface area contributed by atoms with Crippen molar-refractivity contribution in [3.63, 3.8) is 0 Å². The van der Waals surface area contributed by atoms with Gasteiger partial charge in [-0.05, 0) is 19.3 Å².